The van der Waals surface area contributed by atoms with E-state index < -0.39 is 10.0 Å². The fraction of sp³-hybridized carbons (Fsp3) is 0.294. The van der Waals surface area contributed by atoms with Gasteiger partial charge in [-0.25, -0.2) is 23.1 Å². The highest BCUT2D eigenvalue weighted by Crippen LogP contribution is 2.15. The Morgan fingerprint density at radius 1 is 1.22 bits per heavy atom. The van der Waals surface area contributed by atoms with Crippen LogP contribution in [0.3, 0.4) is 0 Å². The van der Waals surface area contributed by atoms with Crippen LogP contribution in [-0.2, 0) is 30.0 Å². The molecule has 0 spiro atoms. The standard InChI is InChI=1S/C17H19N5O3S2/c1-12-18-9-14(26-12)4-6-16(23)15-5-3-13(7-19-15)8-21-27(24,25)17-10-22(2)11-20-17/h3,5,7,9-11,21H,4,6,8H2,1-2H3. The van der Waals surface area contributed by atoms with Gasteiger partial charge in [0.25, 0.3) is 10.0 Å². The zero-order chi connectivity index (χ0) is 19.4. The molecule has 3 aromatic rings. The molecule has 3 rings (SSSR count). The quantitative estimate of drug-likeness (QED) is 0.574. The average Bonchev–Trinajstić information content (AvgIpc) is 3.27. The number of hydrogen-bond acceptors (Lipinski definition) is 7. The SMILES string of the molecule is Cc1ncc(CCC(=O)c2ccc(CNS(=O)(=O)c3cn(C)cn3)cn2)s1. The largest absolute Gasteiger partial charge is 0.339 e. The van der Waals surface area contributed by atoms with E-state index in [1.54, 1.807) is 41.3 Å². The maximum Gasteiger partial charge on any atom is 0.259 e. The highest BCUT2D eigenvalue weighted by molar-refractivity contribution is 7.89. The van der Waals surface area contributed by atoms with Crippen LogP contribution < -0.4 is 4.72 Å². The van der Waals surface area contributed by atoms with Crippen molar-refractivity contribution in [2.75, 3.05) is 0 Å². The number of rotatable bonds is 8. The fourth-order valence-corrected chi connectivity index (χ4v) is 4.15. The smallest absolute Gasteiger partial charge is 0.259 e. The van der Waals surface area contributed by atoms with E-state index in [4.69, 9.17) is 0 Å². The Morgan fingerprint density at radius 2 is 2.04 bits per heavy atom. The van der Waals surface area contributed by atoms with Gasteiger partial charge in [-0.2, -0.15) is 0 Å². The zero-order valence-electron chi connectivity index (χ0n) is 14.9. The van der Waals surface area contributed by atoms with E-state index in [9.17, 15) is 13.2 Å². The molecule has 3 aromatic heterocycles. The molecule has 27 heavy (non-hydrogen) atoms. The lowest BCUT2D eigenvalue weighted by atomic mass is 10.1. The van der Waals surface area contributed by atoms with Gasteiger partial charge in [-0.3, -0.25) is 9.78 Å². The Morgan fingerprint density at radius 3 is 2.63 bits per heavy atom. The number of nitrogens with zero attached hydrogens (tertiary/aromatic N) is 4. The molecule has 0 aliphatic rings. The monoisotopic (exact) mass is 405 g/mol. The number of ketones is 1. The molecule has 1 N–H and O–H groups in total. The van der Waals surface area contributed by atoms with E-state index in [1.807, 2.05) is 6.92 Å². The molecule has 0 saturated carbocycles. The number of Topliss-reactive ketones (excluding diaryl/α,β-unsaturated/α-hetero) is 1. The molecular formula is C17H19N5O3S2. The van der Waals surface area contributed by atoms with Gasteiger partial charge in [0.15, 0.2) is 10.8 Å². The summed E-state index contributed by atoms with van der Waals surface area (Å²) < 4.78 is 28.3. The zero-order valence-corrected chi connectivity index (χ0v) is 16.5. The van der Waals surface area contributed by atoms with Crippen LogP contribution in [0.4, 0.5) is 0 Å². The first-order chi connectivity index (χ1) is 12.8. The number of thiazole rings is 1. The van der Waals surface area contributed by atoms with Gasteiger partial charge in [-0.1, -0.05) is 6.07 Å². The molecule has 0 aliphatic heterocycles. The summed E-state index contributed by atoms with van der Waals surface area (Å²) in [5.74, 6) is -0.0540. The van der Waals surface area contributed by atoms with Gasteiger partial charge < -0.3 is 4.57 Å². The summed E-state index contributed by atoms with van der Waals surface area (Å²) in [5, 5.41) is 0.941. The molecule has 0 atom stereocenters. The fourth-order valence-electron chi connectivity index (χ4n) is 2.36. The van der Waals surface area contributed by atoms with E-state index in [1.165, 1.54) is 18.7 Å². The minimum Gasteiger partial charge on any atom is -0.339 e. The topological polar surface area (TPSA) is 107 Å². The van der Waals surface area contributed by atoms with Gasteiger partial charge in [0.05, 0.1) is 11.3 Å². The third kappa shape index (κ3) is 5.06. The van der Waals surface area contributed by atoms with E-state index in [2.05, 4.69) is 19.7 Å². The highest BCUT2D eigenvalue weighted by atomic mass is 32.2. The number of aryl methyl sites for hydroxylation is 3. The second kappa shape index (κ2) is 8.07. The first-order valence-corrected chi connectivity index (χ1v) is 10.5. The molecule has 0 radical (unpaired) electrons. The third-order valence-electron chi connectivity index (χ3n) is 3.80. The van der Waals surface area contributed by atoms with Crippen LogP contribution in [-0.4, -0.2) is 33.7 Å². The van der Waals surface area contributed by atoms with E-state index in [0.29, 0.717) is 24.1 Å². The molecule has 0 bridgehead atoms. The van der Waals surface area contributed by atoms with Crippen LogP contribution in [0.2, 0.25) is 0 Å². The Bertz CT molecular complexity index is 1040. The van der Waals surface area contributed by atoms with Crippen molar-refractivity contribution in [3.05, 3.63) is 58.2 Å². The summed E-state index contributed by atoms with van der Waals surface area (Å²) in [5.41, 5.74) is 1.02. The van der Waals surface area contributed by atoms with E-state index in [0.717, 1.165) is 9.88 Å². The minimum absolute atomic E-state index is 0.0388. The Balaban J connectivity index is 1.56. The first kappa shape index (κ1) is 19.3. The van der Waals surface area contributed by atoms with Crippen molar-refractivity contribution in [1.29, 1.82) is 0 Å². The second-order valence-electron chi connectivity index (χ2n) is 6.02. The summed E-state index contributed by atoms with van der Waals surface area (Å²) in [6.07, 6.45) is 7.14. The lowest BCUT2D eigenvalue weighted by Gasteiger charge is -2.05. The molecule has 3 heterocycles. The van der Waals surface area contributed by atoms with Crippen molar-refractivity contribution in [3.8, 4) is 0 Å². The summed E-state index contributed by atoms with van der Waals surface area (Å²) in [4.78, 5) is 25.5. The van der Waals surface area contributed by atoms with Crippen molar-refractivity contribution < 1.29 is 13.2 Å². The first-order valence-electron chi connectivity index (χ1n) is 8.20. The van der Waals surface area contributed by atoms with Crippen molar-refractivity contribution in [1.82, 2.24) is 24.2 Å². The van der Waals surface area contributed by atoms with E-state index >= 15 is 0 Å². The summed E-state index contributed by atoms with van der Waals surface area (Å²) >= 11 is 1.58. The highest BCUT2D eigenvalue weighted by Gasteiger charge is 2.16. The van der Waals surface area contributed by atoms with Gasteiger partial charge in [0, 0.05) is 43.5 Å². The number of carbonyl (C=O) groups excluding carboxylic acids is 1. The Labute approximate surface area is 161 Å². The molecule has 0 aromatic carbocycles. The maximum absolute atomic E-state index is 12.2. The molecule has 0 aliphatic carbocycles. The molecule has 0 saturated heterocycles. The van der Waals surface area contributed by atoms with Gasteiger partial charge in [0.1, 0.15) is 5.69 Å². The number of sulfonamides is 1. The van der Waals surface area contributed by atoms with Crippen molar-refractivity contribution in [2.24, 2.45) is 7.05 Å². The molecule has 10 heteroatoms. The molecule has 0 unspecified atom stereocenters. The molecule has 8 nitrogen and oxygen atoms in total. The summed E-state index contributed by atoms with van der Waals surface area (Å²) in [7, 11) is -1.99. The molecule has 0 fully saturated rings. The predicted octanol–water partition coefficient (Wildman–Crippen LogP) is 1.87. The Kier molecular flexibility index (Phi) is 5.78. The lowest BCUT2D eigenvalue weighted by Crippen LogP contribution is -2.23. The number of imidazole rings is 1. The van der Waals surface area contributed by atoms with Crippen LogP contribution in [0.1, 0.15) is 32.4 Å². The van der Waals surface area contributed by atoms with Crippen molar-refractivity contribution in [2.45, 2.75) is 31.3 Å². The summed E-state index contributed by atoms with van der Waals surface area (Å²) in [6.45, 7) is 2.00. The van der Waals surface area contributed by atoms with Gasteiger partial charge in [0.2, 0.25) is 0 Å². The lowest BCUT2D eigenvalue weighted by molar-refractivity contribution is 0.0978. The maximum atomic E-state index is 12.2. The second-order valence-corrected chi connectivity index (χ2v) is 9.06. The van der Waals surface area contributed by atoms with Gasteiger partial charge >= 0.3 is 0 Å². The van der Waals surface area contributed by atoms with Crippen LogP contribution in [0, 0.1) is 6.92 Å². The minimum atomic E-state index is -3.68. The van der Waals surface area contributed by atoms with Crippen molar-refractivity contribution in [3.63, 3.8) is 0 Å². The third-order valence-corrected chi connectivity index (χ3v) is 6.06. The number of carbonyl (C=O) groups is 1. The number of pyridine rings is 1. The average molecular weight is 406 g/mol. The number of hydrogen-bond donors (Lipinski definition) is 1. The molecule has 0 amide bonds. The van der Waals surface area contributed by atoms with Crippen molar-refractivity contribution >= 4 is 27.1 Å². The number of nitrogens with one attached hydrogen (secondary N) is 1. The van der Waals surface area contributed by atoms with Crippen LogP contribution in [0.25, 0.3) is 0 Å². The molecule has 142 valence electrons. The number of aromatic nitrogens is 4. The predicted molar refractivity (Wildman–Crippen MR) is 101 cm³/mol. The Hall–Kier alpha value is -2.43. The summed E-state index contributed by atoms with van der Waals surface area (Å²) in [6, 6.07) is 3.31. The normalized spacial score (nSPS) is 11.6. The van der Waals surface area contributed by atoms with Crippen LogP contribution in [0.5, 0.6) is 0 Å². The van der Waals surface area contributed by atoms with Crippen LogP contribution in [0.15, 0.2) is 42.1 Å². The van der Waals surface area contributed by atoms with E-state index in [-0.39, 0.29) is 17.4 Å². The van der Waals surface area contributed by atoms with Gasteiger partial charge in [-0.15, -0.1) is 11.3 Å². The van der Waals surface area contributed by atoms with Gasteiger partial charge in [-0.05, 0) is 25.0 Å². The molecular weight excluding hydrogens is 386 g/mol. The van der Waals surface area contributed by atoms with Crippen LogP contribution >= 0.6 is 11.3 Å².